The second kappa shape index (κ2) is 9.74. The maximum atomic E-state index is 12.5. The molecule has 176 valence electrons. The van der Waals surface area contributed by atoms with Crippen molar-refractivity contribution in [3.05, 3.63) is 41.5 Å². The topological polar surface area (TPSA) is 84.1 Å². The van der Waals surface area contributed by atoms with Gasteiger partial charge in [0.05, 0.1) is 18.6 Å². The van der Waals surface area contributed by atoms with E-state index in [9.17, 15) is 18.3 Å². The lowest BCUT2D eigenvalue weighted by atomic mass is 9.85. The molecule has 1 N–H and O–H groups in total. The molecular weight excluding hydrogens is 429 g/mol. The van der Waals surface area contributed by atoms with E-state index >= 15 is 0 Å². The van der Waals surface area contributed by atoms with Gasteiger partial charge in [0.2, 0.25) is 5.89 Å². The first-order valence-electron chi connectivity index (χ1n) is 10.7. The van der Waals surface area contributed by atoms with Crippen molar-refractivity contribution in [2.45, 2.75) is 43.6 Å². The third-order valence-corrected chi connectivity index (χ3v) is 5.92. The van der Waals surface area contributed by atoms with Crippen molar-refractivity contribution in [2.75, 3.05) is 39.9 Å². The molecule has 2 aromatic rings. The van der Waals surface area contributed by atoms with Crippen LogP contribution in [-0.2, 0) is 11.2 Å². The van der Waals surface area contributed by atoms with Gasteiger partial charge in [-0.25, -0.2) is 10.0 Å². The molecule has 0 radical (unpaired) electrons. The number of ether oxygens (including phenoxy) is 2. The molecule has 0 spiro atoms. The Morgan fingerprint density at radius 2 is 1.88 bits per heavy atom. The minimum atomic E-state index is -4.72. The Morgan fingerprint density at radius 1 is 1.12 bits per heavy atom. The van der Waals surface area contributed by atoms with Gasteiger partial charge in [0.15, 0.2) is 5.82 Å². The molecule has 8 nitrogen and oxygen atoms in total. The first kappa shape index (κ1) is 23.0. The van der Waals surface area contributed by atoms with Crippen molar-refractivity contribution in [1.29, 1.82) is 0 Å². The van der Waals surface area contributed by atoms with Gasteiger partial charge in [-0.1, -0.05) is 17.3 Å². The Hall–Kier alpha value is -2.21. The zero-order valence-corrected chi connectivity index (χ0v) is 17.8. The van der Waals surface area contributed by atoms with E-state index in [1.165, 1.54) is 12.1 Å². The highest BCUT2D eigenvalue weighted by Gasteiger charge is 2.37. The number of hydrogen-bond acceptors (Lipinski definition) is 8. The van der Waals surface area contributed by atoms with Gasteiger partial charge in [0, 0.05) is 39.7 Å². The van der Waals surface area contributed by atoms with Crippen molar-refractivity contribution in [2.24, 2.45) is 0 Å². The van der Waals surface area contributed by atoms with E-state index < -0.39 is 6.36 Å². The predicted octanol–water partition coefficient (Wildman–Crippen LogP) is 2.71. The van der Waals surface area contributed by atoms with E-state index in [-0.39, 0.29) is 23.7 Å². The molecule has 1 aromatic heterocycles. The van der Waals surface area contributed by atoms with Gasteiger partial charge in [0.1, 0.15) is 5.75 Å². The van der Waals surface area contributed by atoms with E-state index in [1.54, 1.807) is 19.2 Å². The normalized spacial score (nSPS) is 25.3. The molecule has 0 bridgehead atoms. The summed E-state index contributed by atoms with van der Waals surface area (Å²) in [5, 5.41) is 18.3. The van der Waals surface area contributed by atoms with Crippen LogP contribution in [0.4, 0.5) is 13.2 Å². The molecule has 1 aromatic carbocycles. The van der Waals surface area contributed by atoms with E-state index in [0.717, 1.165) is 18.5 Å². The highest BCUT2D eigenvalue weighted by Crippen LogP contribution is 2.37. The monoisotopic (exact) mass is 456 g/mol. The number of alkyl halides is 3. The largest absolute Gasteiger partial charge is 0.573 e. The third-order valence-electron chi connectivity index (χ3n) is 5.92. The number of hydrazine groups is 1. The minimum Gasteiger partial charge on any atom is -0.406 e. The smallest absolute Gasteiger partial charge is 0.406 e. The summed E-state index contributed by atoms with van der Waals surface area (Å²) in [4.78, 5) is 4.53. The van der Waals surface area contributed by atoms with Gasteiger partial charge in [-0.2, -0.15) is 4.98 Å². The molecule has 2 aliphatic rings. The standard InChI is InChI=1S/C21H27F3N4O4/c1-30-9-7-19-25-20(32-26-19)16-10-15(11-28(12-16)27-8-6-17(29)13-27)14-2-4-18(5-3-14)31-21(22,23)24/h2-5,15-17,29H,6-13H2,1H3. The second-order valence-electron chi connectivity index (χ2n) is 8.26. The summed E-state index contributed by atoms with van der Waals surface area (Å²) in [5.74, 6) is 0.887. The molecular formula is C21H27F3N4O4. The van der Waals surface area contributed by atoms with Crippen LogP contribution in [0.5, 0.6) is 5.75 Å². The predicted molar refractivity (Wildman–Crippen MR) is 107 cm³/mol. The number of piperidine rings is 1. The van der Waals surface area contributed by atoms with Gasteiger partial charge < -0.3 is 19.1 Å². The quantitative estimate of drug-likeness (QED) is 0.681. The molecule has 3 unspecified atom stereocenters. The zero-order valence-electron chi connectivity index (χ0n) is 17.8. The molecule has 0 amide bonds. The lowest BCUT2D eigenvalue weighted by Gasteiger charge is -2.41. The molecule has 2 fully saturated rings. The van der Waals surface area contributed by atoms with Crippen LogP contribution in [0.3, 0.4) is 0 Å². The number of methoxy groups -OCH3 is 1. The van der Waals surface area contributed by atoms with Crippen molar-refractivity contribution in [1.82, 2.24) is 20.2 Å². The first-order chi connectivity index (χ1) is 15.3. The molecule has 3 atom stereocenters. The molecule has 2 saturated heterocycles. The lowest BCUT2D eigenvalue weighted by Crippen LogP contribution is -2.49. The SMILES string of the molecule is COCCc1noc(C2CC(c3ccc(OC(F)(F)F)cc3)CN(N3CCC(O)C3)C2)n1. The average Bonchev–Trinajstić information content (AvgIpc) is 3.40. The second-order valence-corrected chi connectivity index (χ2v) is 8.26. The number of aliphatic hydroxyl groups is 1. The van der Waals surface area contributed by atoms with Crippen LogP contribution in [0, 0.1) is 0 Å². The number of rotatable bonds is 7. The van der Waals surface area contributed by atoms with Crippen molar-refractivity contribution >= 4 is 0 Å². The summed E-state index contributed by atoms with van der Waals surface area (Å²) in [6.07, 6.45) is -3.10. The summed E-state index contributed by atoms with van der Waals surface area (Å²) in [5.41, 5.74) is 0.910. The molecule has 4 rings (SSSR count). The minimum absolute atomic E-state index is 0.0404. The third kappa shape index (κ3) is 5.77. The first-order valence-corrected chi connectivity index (χ1v) is 10.7. The number of halogens is 3. The highest BCUT2D eigenvalue weighted by molar-refractivity contribution is 5.30. The van der Waals surface area contributed by atoms with Crippen LogP contribution in [0.1, 0.15) is 42.0 Å². The Balaban J connectivity index is 1.52. The van der Waals surface area contributed by atoms with E-state index in [2.05, 4.69) is 24.9 Å². The van der Waals surface area contributed by atoms with E-state index in [4.69, 9.17) is 9.26 Å². The number of nitrogens with zero attached hydrogens (tertiary/aromatic N) is 4. The molecule has 2 aliphatic heterocycles. The summed E-state index contributed by atoms with van der Waals surface area (Å²) >= 11 is 0. The molecule has 32 heavy (non-hydrogen) atoms. The van der Waals surface area contributed by atoms with Crippen LogP contribution >= 0.6 is 0 Å². The van der Waals surface area contributed by atoms with Crippen LogP contribution < -0.4 is 4.74 Å². The maximum Gasteiger partial charge on any atom is 0.573 e. The van der Waals surface area contributed by atoms with Crippen molar-refractivity contribution in [3.8, 4) is 5.75 Å². The van der Waals surface area contributed by atoms with Crippen LogP contribution in [0.25, 0.3) is 0 Å². The number of aromatic nitrogens is 2. The van der Waals surface area contributed by atoms with Gasteiger partial charge in [0.25, 0.3) is 0 Å². The van der Waals surface area contributed by atoms with Crippen molar-refractivity contribution in [3.63, 3.8) is 0 Å². The average molecular weight is 456 g/mol. The summed E-state index contributed by atoms with van der Waals surface area (Å²) in [6, 6.07) is 6.02. The summed E-state index contributed by atoms with van der Waals surface area (Å²) < 4.78 is 52.1. The summed E-state index contributed by atoms with van der Waals surface area (Å²) in [7, 11) is 1.61. The maximum absolute atomic E-state index is 12.5. The summed E-state index contributed by atoms with van der Waals surface area (Å²) in [6.45, 7) is 3.16. The lowest BCUT2D eigenvalue weighted by molar-refractivity contribution is -0.274. The zero-order chi connectivity index (χ0) is 22.7. The Morgan fingerprint density at radius 3 is 2.53 bits per heavy atom. The van der Waals surface area contributed by atoms with Crippen LogP contribution in [0.2, 0.25) is 0 Å². The van der Waals surface area contributed by atoms with Crippen LogP contribution in [0.15, 0.2) is 28.8 Å². The van der Waals surface area contributed by atoms with Crippen molar-refractivity contribution < 1.29 is 32.3 Å². The highest BCUT2D eigenvalue weighted by atomic mass is 19.4. The van der Waals surface area contributed by atoms with Crippen LogP contribution in [-0.4, -0.2) is 77.6 Å². The molecule has 0 saturated carbocycles. The fourth-order valence-corrected chi connectivity index (χ4v) is 4.38. The van der Waals surface area contributed by atoms with Gasteiger partial charge in [-0.3, -0.25) is 0 Å². The molecule has 0 aliphatic carbocycles. The van der Waals surface area contributed by atoms with Gasteiger partial charge in [-0.05, 0) is 36.5 Å². The Labute approximate surface area is 183 Å². The fraction of sp³-hybridized carbons (Fsp3) is 0.619. The number of β-amino-alcohol motifs (C(OH)–C–C–N with tert-alkyl or cyclic N) is 1. The molecule has 3 heterocycles. The van der Waals surface area contributed by atoms with E-state index in [0.29, 0.717) is 50.8 Å². The Kier molecular flexibility index (Phi) is 6.99. The number of aliphatic hydroxyl groups excluding tert-OH is 1. The Bertz CT molecular complexity index is 877. The number of benzene rings is 1. The van der Waals surface area contributed by atoms with E-state index in [1.807, 2.05) is 0 Å². The van der Waals surface area contributed by atoms with Gasteiger partial charge >= 0.3 is 6.36 Å². The molecule has 11 heteroatoms. The number of hydrogen-bond donors (Lipinski definition) is 1. The van der Waals surface area contributed by atoms with Gasteiger partial charge in [-0.15, -0.1) is 13.2 Å². The fourth-order valence-electron chi connectivity index (χ4n) is 4.38.